The van der Waals surface area contributed by atoms with E-state index in [9.17, 15) is 4.79 Å². The lowest BCUT2D eigenvalue weighted by Gasteiger charge is -2.18. The molecule has 6 heteroatoms. The molecule has 1 aliphatic carbocycles. The summed E-state index contributed by atoms with van der Waals surface area (Å²) in [4.78, 5) is 12.0. The Labute approximate surface area is 206 Å². The number of rotatable bonds is 10. The molecule has 35 heavy (non-hydrogen) atoms. The molecule has 2 N–H and O–H groups in total. The van der Waals surface area contributed by atoms with Crippen molar-refractivity contribution in [3.05, 3.63) is 89.0 Å². The molecule has 0 saturated carbocycles. The number of nitriles is 1. The zero-order valence-electron chi connectivity index (χ0n) is 19.9. The molecule has 0 amide bonds. The first kappa shape index (κ1) is 24.3. The summed E-state index contributed by atoms with van der Waals surface area (Å²) in [5.41, 5.74) is 9.71. The summed E-state index contributed by atoms with van der Waals surface area (Å²) in [6.07, 6.45) is 2.71. The molecule has 180 valence electrons. The lowest BCUT2D eigenvalue weighted by molar-refractivity contribution is -0.143. The van der Waals surface area contributed by atoms with Gasteiger partial charge in [-0.1, -0.05) is 24.3 Å². The van der Waals surface area contributed by atoms with Gasteiger partial charge >= 0.3 is 5.97 Å². The lowest BCUT2D eigenvalue weighted by Crippen LogP contribution is -2.14. The number of hydrogen-bond acceptors (Lipinski definition) is 6. The van der Waals surface area contributed by atoms with Gasteiger partial charge in [-0.3, -0.25) is 4.79 Å². The molecule has 0 spiro atoms. The highest BCUT2D eigenvalue weighted by atomic mass is 16.5. The Morgan fingerprint density at radius 1 is 1.09 bits per heavy atom. The molecule has 6 nitrogen and oxygen atoms in total. The summed E-state index contributed by atoms with van der Waals surface area (Å²) in [6.45, 7) is 2.70. The minimum absolute atomic E-state index is 0.0299. The molecule has 0 radical (unpaired) electrons. The minimum Gasteiger partial charge on any atom is -0.486 e. The van der Waals surface area contributed by atoms with Crippen LogP contribution in [-0.4, -0.2) is 19.1 Å². The third-order valence-electron chi connectivity index (χ3n) is 6.25. The van der Waals surface area contributed by atoms with Gasteiger partial charge in [-0.2, -0.15) is 5.26 Å². The third-order valence-corrected chi connectivity index (χ3v) is 6.25. The summed E-state index contributed by atoms with van der Waals surface area (Å²) >= 11 is 0. The number of ether oxygens (including phenoxy) is 3. The predicted molar refractivity (Wildman–Crippen MR) is 133 cm³/mol. The summed E-state index contributed by atoms with van der Waals surface area (Å²) < 4.78 is 17.6. The fourth-order valence-electron chi connectivity index (χ4n) is 4.52. The average Bonchev–Trinajstić information content (AvgIpc) is 3.28. The molecule has 0 aromatic heterocycles. The van der Waals surface area contributed by atoms with Crippen molar-refractivity contribution < 1.29 is 19.0 Å². The van der Waals surface area contributed by atoms with E-state index in [0.29, 0.717) is 30.9 Å². The lowest BCUT2D eigenvalue weighted by atomic mass is 9.92. The monoisotopic (exact) mass is 470 g/mol. The first-order chi connectivity index (χ1) is 17.1. The van der Waals surface area contributed by atoms with Crippen LogP contribution in [0.4, 0.5) is 0 Å². The van der Waals surface area contributed by atoms with Crippen LogP contribution in [0.3, 0.4) is 0 Å². The van der Waals surface area contributed by atoms with Gasteiger partial charge in [0, 0.05) is 5.56 Å². The van der Waals surface area contributed by atoms with Crippen LogP contribution in [-0.2, 0) is 16.0 Å². The standard InChI is InChI=1S/C29H30N2O4/c1-2-33-29(32)18-22(16-17-30)21-8-12-24(13-9-21)35-28-15-14-26-25(28)4-3-5-27(26)34-23-10-6-20(19-31)7-11-23/h3-13,22,28H,2,14-18,30H2,1H3/t22?,28-/m1/s1. The van der Waals surface area contributed by atoms with E-state index in [0.717, 1.165) is 47.5 Å². The Bertz CT molecular complexity index is 1180. The minimum atomic E-state index is -0.201. The zero-order valence-corrected chi connectivity index (χ0v) is 19.9. The molecule has 2 atom stereocenters. The zero-order chi connectivity index (χ0) is 24.6. The Morgan fingerprint density at radius 3 is 2.51 bits per heavy atom. The van der Waals surface area contributed by atoms with Crippen LogP contribution >= 0.6 is 0 Å². The largest absolute Gasteiger partial charge is 0.486 e. The summed E-state index contributed by atoms with van der Waals surface area (Å²) in [5, 5.41) is 8.99. The highest BCUT2D eigenvalue weighted by molar-refractivity contribution is 5.70. The smallest absolute Gasteiger partial charge is 0.306 e. The van der Waals surface area contributed by atoms with E-state index in [1.807, 2.05) is 55.5 Å². The van der Waals surface area contributed by atoms with E-state index >= 15 is 0 Å². The van der Waals surface area contributed by atoms with Crippen molar-refractivity contribution in [3.8, 4) is 23.3 Å². The molecule has 3 aromatic rings. The van der Waals surface area contributed by atoms with Crippen molar-refractivity contribution in [2.75, 3.05) is 13.2 Å². The van der Waals surface area contributed by atoms with Crippen LogP contribution in [0.25, 0.3) is 0 Å². The van der Waals surface area contributed by atoms with E-state index in [1.165, 1.54) is 0 Å². The van der Waals surface area contributed by atoms with Crippen molar-refractivity contribution >= 4 is 5.97 Å². The molecule has 1 aliphatic rings. The van der Waals surface area contributed by atoms with Gasteiger partial charge in [-0.15, -0.1) is 0 Å². The normalized spacial score (nSPS) is 15.1. The number of esters is 1. The van der Waals surface area contributed by atoms with Crippen molar-refractivity contribution in [2.45, 2.75) is 44.6 Å². The fraction of sp³-hybridized carbons (Fsp3) is 0.310. The maximum Gasteiger partial charge on any atom is 0.306 e. The number of nitrogens with two attached hydrogens (primary N) is 1. The van der Waals surface area contributed by atoms with Gasteiger partial charge in [0.15, 0.2) is 0 Å². The van der Waals surface area contributed by atoms with Crippen LogP contribution in [0, 0.1) is 11.3 Å². The number of benzene rings is 3. The fourth-order valence-corrected chi connectivity index (χ4v) is 4.52. The number of nitrogens with zero attached hydrogens (tertiary/aromatic N) is 1. The molecular formula is C29H30N2O4. The van der Waals surface area contributed by atoms with Crippen LogP contribution in [0.1, 0.15) is 60.5 Å². The van der Waals surface area contributed by atoms with Crippen LogP contribution in [0.15, 0.2) is 66.7 Å². The van der Waals surface area contributed by atoms with Gasteiger partial charge in [0.25, 0.3) is 0 Å². The Balaban J connectivity index is 1.44. The quantitative estimate of drug-likeness (QED) is 0.376. The van der Waals surface area contributed by atoms with Crippen molar-refractivity contribution in [2.24, 2.45) is 5.73 Å². The second-order valence-corrected chi connectivity index (χ2v) is 8.56. The highest BCUT2D eigenvalue weighted by Gasteiger charge is 2.27. The Morgan fingerprint density at radius 2 is 1.83 bits per heavy atom. The van der Waals surface area contributed by atoms with Gasteiger partial charge in [-0.25, -0.2) is 0 Å². The molecular weight excluding hydrogens is 440 g/mol. The van der Waals surface area contributed by atoms with E-state index in [2.05, 4.69) is 12.1 Å². The predicted octanol–water partition coefficient (Wildman–Crippen LogP) is 5.80. The summed E-state index contributed by atoms with van der Waals surface area (Å²) in [5.74, 6) is 2.13. The Kier molecular flexibility index (Phi) is 8.02. The second-order valence-electron chi connectivity index (χ2n) is 8.56. The number of carbonyl (C=O) groups is 1. The average molecular weight is 471 g/mol. The van der Waals surface area contributed by atoms with E-state index < -0.39 is 0 Å². The van der Waals surface area contributed by atoms with Crippen molar-refractivity contribution in [3.63, 3.8) is 0 Å². The number of carbonyl (C=O) groups excluding carboxylic acids is 1. The number of hydrogen-bond donors (Lipinski definition) is 1. The molecule has 0 fully saturated rings. The Hall–Kier alpha value is -3.82. The molecule has 0 aliphatic heterocycles. The third kappa shape index (κ3) is 6.00. The van der Waals surface area contributed by atoms with Crippen molar-refractivity contribution in [1.82, 2.24) is 0 Å². The van der Waals surface area contributed by atoms with Gasteiger partial charge < -0.3 is 19.9 Å². The van der Waals surface area contributed by atoms with Crippen LogP contribution in [0.2, 0.25) is 0 Å². The second kappa shape index (κ2) is 11.5. The maximum absolute atomic E-state index is 12.0. The first-order valence-corrected chi connectivity index (χ1v) is 12.0. The molecule has 3 aromatic carbocycles. The molecule has 4 rings (SSSR count). The summed E-state index contributed by atoms with van der Waals surface area (Å²) in [6, 6.07) is 23.2. The molecule has 1 unspecified atom stereocenters. The first-order valence-electron chi connectivity index (χ1n) is 12.0. The molecule has 0 heterocycles. The van der Waals surface area contributed by atoms with Gasteiger partial charge in [0.1, 0.15) is 23.4 Å². The topological polar surface area (TPSA) is 94.6 Å². The SMILES string of the molecule is CCOC(=O)CC(CCN)c1ccc(O[C@@H]2CCc3c(Oc4ccc(C#N)cc4)cccc32)cc1. The van der Waals surface area contributed by atoms with Crippen LogP contribution in [0.5, 0.6) is 17.2 Å². The highest BCUT2D eigenvalue weighted by Crippen LogP contribution is 2.41. The van der Waals surface area contributed by atoms with Crippen molar-refractivity contribution in [1.29, 1.82) is 5.26 Å². The summed E-state index contributed by atoms with van der Waals surface area (Å²) in [7, 11) is 0. The molecule has 0 saturated heterocycles. The van der Waals surface area contributed by atoms with Gasteiger partial charge in [0.2, 0.25) is 0 Å². The van der Waals surface area contributed by atoms with E-state index in [1.54, 1.807) is 12.1 Å². The van der Waals surface area contributed by atoms with Gasteiger partial charge in [0.05, 0.1) is 24.7 Å². The molecule has 0 bridgehead atoms. The van der Waals surface area contributed by atoms with E-state index in [-0.39, 0.29) is 18.0 Å². The van der Waals surface area contributed by atoms with E-state index in [4.69, 9.17) is 25.2 Å². The van der Waals surface area contributed by atoms with Crippen LogP contribution < -0.4 is 15.2 Å². The van der Waals surface area contributed by atoms with Gasteiger partial charge in [-0.05, 0) is 92.2 Å². The number of fused-ring (bicyclic) bond motifs is 1. The maximum atomic E-state index is 12.0.